The van der Waals surface area contributed by atoms with E-state index in [1.165, 1.54) is 11.8 Å². The van der Waals surface area contributed by atoms with Gasteiger partial charge < -0.3 is 5.32 Å². The van der Waals surface area contributed by atoms with Crippen LogP contribution in [0.3, 0.4) is 0 Å². The number of nitrogens with zero attached hydrogens (tertiary/aromatic N) is 1. The van der Waals surface area contributed by atoms with Crippen molar-refractivity contribution in [1.82, 2.24) is 4.98 Å². The summed E-state index contributed by atoms with van der Waals surface area (Å²) in [7, 11) is 0. The van der Waals surface area contributed by atoms with Gasteiger partial charge >= 0.3 is 0 Å². The molecule has 0 radical (unpaired) electrons. The van der Waals surface area contributed by atoms with Gasteiger partial charge in [-0.25, -0.2) is 4.98 Å². The molecule has 120 valence electrons. The zero-order chi connectivity index (χ0) is 16.8. The Hall–Kier alpha value is -2.59. The van der Waals surface area contributed by atoms with Gasteiger partial charge in [0.2, 0.25) is 5.91 Å². The molecule has 1 amide bonds. The predicted molar refractivity (Wildman–Crippen MR) is 100 cm³/mol. The molecule has 0 unspecified atom stereocenters. The van der Waals surface area contributed by atoms with E-state index in [1.807, 2.05) is 79.7 Å². The van der Waals surface area contributed by atoms with E-state index < -0.39 is 0 Å². The first-order valence-corrected chi connectivity index (χ1v) is 8.65. The largest absolute Gasteiger partial charge is 0.325 e. The molecule has 1 heterocycles. The summed E-state index contributed by atoms with van der Waals surface area (Å²) in [5.74, 6) is -0.0333. The predicted octanol–water partition coefficient (Wildman–Crippen LogP) is 4.87. The second-order valence-corrected chi connectivity index (χ2v) is 6.69. The fourth-order valence-corrected chi connectivity index (χ4v) is 3.15. The average molecular weight is 334 g/mol. The summed E-state index contributed by atoms with van der Waals surface area (Å²) >= 11 is 1.45. The molecular weight excluding hydrogens is 316 g/mol. The molecule has 0 aliphatic heterocycles. The van der Waals surface area contributed by atoms with Crippen molar-refractivity contribution in [2.75, 3.05) is 5.32 Å². The molecule has 3 aromatic rings. The van der Waals surface area contributed by atoms with Crippen molar-refractivity contribution in [3.8, 4) is 11.1 Å². The van der Waals surface area contributed by atoms with Crippen molar-refractivity contribution >= 4 is 23.4 Å². The molecule has 0 bridgehead atoms. The first-order chi connectivity index (χ1) is 11.7. The average Bonchev–Trinajstić information content (AvgIpc) is 2.63. The van der Waals surface area contributed by atoms with Crippen molar-refractivity contribution in [2.24, 2.45) is 0 Å². The number of pyridine rings is 1. The summed E-state index contributed by atoms with van der Waals surface area (Å²) in [6.45, 7) is 1.89. The number of amides is 1. The van der Waals surface area contributed by atoms with Crippen molar-refractivity contribution in [1.29, 1.82) is 0 Å². The summed E-state index contributed by atoms with van der Waals surface area (Å²) in [6.07, 6.45) is 1.73. The lowest BCUT2D eigenvalue weighted by molar-refractivity contribution is -0.115. The summed E-state index contributed by atoms with van der Waals surface area (Å²) in [4.78, 5) is 16.8. The third kappa shape index (κ3) is 4.03. The van der Waals surface area contributed by atoms with Gasteiger partial charge in [-0.1, -0.05) is 66.4 Å². The number of nitrogens with one attached hydrogen (secondary N) is 1. The van der Waals surface area contributed by atoms with Crippen molar-refractivity contribution in [3.05, 3.63) is 79.0 Å². The molecule has 1 atom stereocenters. The Morgan fingerprint density at radius 1 is 0.958 bits per heavy atom. The van der Waals surface area contributed by atoms with E-state index in [0.717, 1.165) is 21.8 Å². The van der Waals surface area contributed by atoms with E-state index in [4.69, 9.17) is 0 Å². The molecule has 0 saturated heterocycles. The summed E-state index contributed by atoms with van der Waals surface area (Å²) < 4.78 is 0. The Morgan fingerprint density at radius 2 is 1.67 bits per heavy atom. The van der Waals surface area contributed by atoms with Crippen LogP contribution < -0.4 is 5.32 Å². The molecule has 1 aromatic heterocycles. The van der Waals surface area contributed by atoms with Crippen LogP contribution in [0.25, 0.3) is 11.1 Å². The minimum Gasteiger partial charge on any atom is -0.325 e. The molecule has 0 aliphatic carbocycles. The lowest BCUT2D eigenvalue weighted by atomic mass is 10.0. The quantitative estimate of drug-likeness (QED) is 0.677. The van der Waals surface area contributed by atoms with Crippen LogP contribution in [0.5, 0.6) is 0 Å². The van der Waals surface area contributed by atoms with Gasteiger partial charge in [0.15, 0.2) is 0 Å². The molecule has 24 heavy (non-hydrogen) atoms. The van der Waals surface area contributed by atoms with Gasteiger partial charge in [0.1, 0.15) is 0 Å². The van der Waals surface area contributed by atoms with Gasteiger partial charge in [-0.2, -0.15) is 0 Å². The molecule has 4 heteroatoms. The van der Waals surface area contributed by atoms with E-state index in [9.17, 15) is 4.79 Å². The van der Waals surface area contributed by atoms with Crippen molar-refractivity contribution in [2.45, 2.75) is 17.2 Å². The minimum absolute atomic E-state index is 0.0333. The van der Waals surface area contributed by atoms with Crippen LogP contribution in [0.2, 0.25) is 0 Å². The third-order valence-corrected chi connectivity index (χ3v) is 4.62. The Balaban J connectivity index is 1.75. The highest BCUT2D eigenvalue weighted by Crippen LogP contribution is 2.29. The summed E-state index contributed by atoms with van der Waals surface area (Å²) in [5, 5.41) is 3.65. The molecule has 3 nitrogen and oxygen atoms in total. The molecular formula is C20H18N2OS. The number of anilines is 1. The molecule has 1 N–H and O–H groups in total. The highest BCUT2D eigenvalue weighted by Gasteiger charge is 2.16. The molecule has 0 saturated carbocycles. The number of para-hydroxylation sites is 1. The van der Waals surface area contributed by atoms with E-state index in [-0.39, 0.29) is 11.2 Å². The first kappa shape index (κ1) is 16.3. The Morgan fingerprint density at radius 3 is 2.42 bits per heavy atom. The number of carbonyl (C=O) groups excluding carboxylic acids is 1. The first-order valence-electron chi connectivity index (χ1n) is 7.77. The second kappa shape index (κ2) is 7.79. The smallest absolute Gasteiger partial charge is 0.237 e. The number of hydrogen-bond acceptors (Lipinski definition) is 3. The number of hydrogen-bond donors (Lipinski definition) is 1. The molecule has 3 rings (SSSR count). The Bertz CT molecular complexity index is 806. The Labute approximate surface area is 146 Å². The fourth-order valence-electron chi connectivity index (χ4n) is 2.35. The van der Waals surface area contributed by atoms with Crippen LogP contribution >= 0.6 is 11.8 Å². The van der Waals surface area contributed by atoms with Crippen LogP contribution in [0.15, 0.2) is 84.0 Å². The maximum atomic E-state index is 12.5. The Kier molecular flexibility index (Phi) is 5.29. The van der Waals surface area contributed by atoms with Crippen LogP contribution in [-0.4, -0.2) is 16.1 Å². The van der Waals surface area contributed by atoms with Crippen LogP contribution in [0.4, 0.5) is 5.69 Å². The lowest BCUT2D eigenvalue weighted by Crippen LogP contribution is -2.22. The highest BCUT2D eigenvalue weighted by atomic mass is 32.2. The standard InChI is InChI=1S/C20H18N2OS/c1-15(24-19-13-7-8-14-21-19)20(23)22-18-12-6-5-11-17(18)16-9-3-2-4-10-16/h2-15H,1H3,(H,22,23)/t15-/m1/s1. The lowest BCUT2D eigenvalue weighted by Gasteiger charge is -2.14. The van der Waals surface area contributed by atoms with E-state index in [1.54, 1.807) is 6.20 Å². The van der Waals surface area contributed by atoms with Crippen LogP contribution in [-0.2, 0) is 4.79 Å². The van der Waals surface area contributed by atoms with Gasteiger partial charge in [0.25, 0.3) is 0 Å². The number of aromatic nitrogens is 1. The number of benzene rings is 2. The molecule has 2 aromatic carbocycles. The summed E-state index contributed by atoms with van der Waals surface area (Å²) in [6, 6.07) is 23.6. The normalized spacial score (nSPS) is 11.7. The monoisotopic (exact) mass is 334 g/mol. The SMILES string of the molecule is C[C@@H](Sc1ccccn1)C(=O)Nc1ccccc1-c1ccccc1. The van der Waals surface area contributed by atoms with Gasteiger partial charge in [-0.05, 0) is 30.7 Å². The highest BCUT2D eigenvalue weighted by molar-refractivity contribution is 8.00. The van der Waals surface area contributed by atoms with E-state index >= 15 is 0 Å². The van der Waals surface area contributed by atoms with E-state index in [0.29, 0.717) is 0 Å². The fraction of sp³-hybridized carbons (Fsp3) is 0.100. The van der Waals surface area contributed by atoms with E-state index in [2.05, 4.69) is 10.3 Å². The van der Waals surface area contributed by atoms with Gasteiger partial charge in [0, 0.05) is 17.4 Å². The maximum Gasteiger partial charge on any atom is 0.237 e. The molecule has 0 fully saturated rings. The van der Waals surface area contributed by atoms with Gasteiger partial charge in [0.05, 0.1) is 10.3 Å². The minimum atomic E-state index is -0.233. The van der Waals surface area contributed by atoms with Gasteiger partial charge in [-0.15, -0.1) is 0 Å². The van der Waals surface area contributed by atoms with Crippen molar-refractivity contribution in [3.63, 3.8) is 0 Å². The zero-order valence-corrected chi connectivity index (χ0v) is 14.2. The number of rotatable bonds is 5. The third-order valence-electron chi connectivity index (χ3n) is 3.57. The second-order valence-electron chi connectivity index (χ2n) is 5.33. The summed E-state index contributed by atoms with van der Waals surface area (Å²) in [5.41, 5.74) is 2.92. The van der Waals surface area contributed by atoms with Gasteiger partial charge in [-0.3, -0.25) is 4.79 Å². The van der Waals surface area contributed by atoms with Crippen LogP contribution in [0.1, 0.15) is 6.92 Å². The number of thioether (sulfide) groups is 1. The van der Waals surface area contributed by atoms with Crippen molar-refractivity contribution < 1.29 is 4.79 Å². The topological polar surface area (TPSA) is 42.0 Å². The van der Waals surface area contributed by atoms with Crippen LogP contribution in [0, 0.1) is 0 Å². The molecule has 0 aliphatic rings. The molecule has 0 spiro atoms. The number of carbonyl (C=O) groups is 1. The zero-order valence-electron chi connectivity index (χ0n) is 13.3. The maximum absolute atomic E-state index is 12.5.